The minimum Gasteiger partial charge on any atom is -0.359 e. The van der Waals surface area contributed by atoms with E-state index in [0.717, 1.165) is 11.8 Å². The summed E-state index contributed by atoms with van der Waals surface area (Å²) in [7, 11) is -3.57. The van der Waals surface area contributed by atoms with Crippen molar-refractivity contribution in [3.63, 3.8) is 0 Å². The van der Waals surface area contributed by atoms with Gasteiger partial charge < -0.3 is 5.32 Å². The van der Waals surface area contributed by atoms with Crippen LogP contribution >= 0.6 is 27.3 Å². The molecular weight excluding hydrogens is 467 g/mol. The normalized spacial score (nSPS) is 17.2. The van der Waals surface area contributed by atoms with Crippen LogP contribution in [0.4, 0.5) is 18.3 Å². The number of rotatable bonds is 5. The van der Waals surface area contributed by atoms with E-state index >= 15 is 0 Å². The van der Waals surface area contributed by atoms with Gasteiger partial charge in [0.1, 0.15) is 4.88 Å². The van der Waals surface area contributed by atoms with Gasteiger partial charge in [0, 0.05) is 24.5 Å². The van der Waals surface area contributed by atoms with E-state index in [4.69, 9.17) is 0 Å². The minimum absolute atomic E-state index is 0.112. The molecular formula is C16H17BrF3N3O2S2. The highest BCUT2D eigenvalue weighted by atomic mass is 79.9. The van der Waals surface area contributed by atoms with Crippen LogP contribution in [0.5, 0.6) is 0 Å². The zero-order valence-corrected chi connectivity index (χ0v) is 17.3. The van der Waals surface area contributed by atoms with Crippen LogP contribution < -0.4 is 5.32 Å². The molecule has 0 aliphatic carbocycles. The Hall–Kier alpha value is -1.17. The molecule has 1 N–H and O–H groups in total. The van der Waals surface area contributed by atoms with E-state index in [1.807, 2.05) is 0 Å². The molecule has 1 aliphatic rings. The minimum atomic E-state index is -4.40. The van der Waals surface area contributed by atoms with Crippen LogP contribution in [0.25, 0.3) is 0 Å². The monoisotopic (exact) mass is 483 g/mol. The maximum absolute atomic E-state index is 12.7. The van der Waals surface area contributed by atoms with Gasteiger partial charge in [-0.1, -0.05) is 39.4 Å². The number of anilines is 1. The first-order valence-electron chi connectivity index (χ1n) is 8.15. The second-order valence-electron chi connectivity index (χ2n) is 6.13. The summed E-state index contributed by atoms with van der Waals surface area (Å²) in [5.41, 5.74) is 0.985. The van der Waals surface area contributed by atoms with Gasteiger partial charge in [-0.3, -0.25) is 0 Å². The molecule has 148 valence electrons. The fraction of sp³-hybridized carbons (Fsp3) is 0.438. The van der Waals surface area contributed by atoms with Crippen LogP contribution in [0.3, 0.4) is 0 Å². The van der Waals surface area contributed by atoms with Crippen molar-refractivity contribution in [3.8, 4) is 0 Å². The second kappa shape index (κ2) is 8.06. The number of sulfonamides is 1. The summed E-state index contributed by atoms with van der Waals surface area (Å²) in [6.45, 7) is 0.607. The summed E-state index contributed by atoms with van der Waals surface area (Å²) in [6.07, 6.45) is -2.60. The lowest BCUT2D eigenvalue weighted by Gasteiger charge is -2.31. The van der Waals surface area contributed by atoms with Crippen LogP contribution in [0.2, 0.25) is 0 Å². The van der Waals surface area contributed by atoms with E-state index in [9.17, 15) is 21.6 Å². The number of nitrogens with zero attached hydrogens (tertiary/aromatic N) is 2. The van der Waals surface area contributed by atoms with Crippen molar-refractivity contribution in [1.82, 2.24) is 9.29 Å². The predicted octanol–water partition coefficient (Wildman–Crippen LogP) is 4.32. The smallest absolute Gasteiger partial charge is 0.359 e. The van der Waals surface area contributed by atoms with Crippen molar-refractivity contribution in [2.75, 3.05) is 18.4 Å². The molecule has 0 saturated carbocycles. The number of alkyl halides is 4. The third-order valence-corrected chi connectivity index (χ3v) is 7.82. The van der Waals surface area contributed by atoms with E-state index in [-0.39, 0.29) is 16.1 Å². The molecule has 27 heavy (non-hydrogen) atoms. The van der Waals surface area contributed by atoms with Gasteiger partial charge in [0.15, 0.2) is 5.13 Å². The Morgan fingerprint density at radius 2 is 1.85 bits per heavy atom. The number of thiazole rings is 1. The molecule has 1 aromatic carbocycles. The van der Waals surface area contributed by atoms with Crippen LogP contribution in [0.15, 0.2) is 35.4 Å². The maximum Gasteiger partial charge on any atom is 0.427 e. The number of aromatic nitrogens is 1. The largest absolute Gasteiger partial charge is 0.427 e. The maximum atomic E-state index is 12.7. The van der Waals surface area contributed by atoms with E-state index < -0.39 is 21.1 Å². The van der Waals surface area contributed by atoms with Crippen molar-refractivity contribution in [1.29, 1.82) is 0 Å². The number of hydrogen-bond donors (Lipinski definition) is 1. The van der Waals surface area contributed by atoms with Crippen molar-refractivity contribution >= 4 is 42.4 Å². The quantitative estimate of drug-likeness (QED) is 0.643. The molecule has 0 amide bonds. The third-order valence-electron chi connectivity index (χ3n) is 4.28. The Balaban J connectivity index is 1.60. The first-order valence-corrected chi connectivity index (χ1v) is 11.5. The van der Waals surface area contributed by atoms with Crippen LogP contribution in [-0.4, -0.2) is 36.8 Å². The van der Waals surface area contributed by atoms with Gasteiger partial charge >= 0.3 is 6.18 Å². The Labute approximate surface area is 167 Å². The first-order chi connectivity index (χ1) is 12.7. The second-order valence-corrected chi connectivity index (χ2v) is 9.66. The lowest BCUT2D eigenvalue weighted by Crippen LogP contribution is -2.42. The summed E-state index contributed by atoms with van der Waals surface area (Å²) >= 11 is 3.88. The molecule has 11 heteroatoms. The fourth-order valence-corrected chi connectivity index (χ4v) is 5.39. The zero-order valence-electron chi connectivity index (χ0n) is 14.0. The van der Waals surface area contributed by atoms with Gasteiger partial charge in [-0.2, -0.15) is 17.5 Å². The van der Waals surface area contributed by atoms with Crippen LogP contribution in [-0.2, 0) is 21.5 Å². The van der Waals surface area contributed by atoms with Crippen molar-refractivity contribution in [3.05, 3.63) is 40.9 Å². The number of nitrogens with one attached hydrogen (secondary N) is 1. The van der Waals surface area contributed by atoms with E-state index in [1.165, 1.54) is 4.31 Å². The SMILES string of the molecule is O=S(=O)(c1ccc(CBr)cc1)N1CCC(Nc2ncc(C(F)(F)F)s2)CC1. The number of hydrogen-bond acceptors (Lipinski definition) is 5. The fourth-order valence-electron chi connectivity index (χ4n) is 2.79. The topological polar surface area (TPSA) is 62.3 Å². The van der Waals surface area contributed by atoms with Crippen molar-refractivity contribution < 1.29 is 21.6 Å². The van der Waals surface area contributed by atoms with Gasteiger partial charge in [0.05, 0.1) is 11.1 Å². The highest BCUT2D eigenvalue weighted by Gasteiger charge is 2.34. The van der Waals surface area contributed by atoms with Crippen LogP contribution in [0.1, 0.15) is 23.3 Å². The van der Waals surface area contributed by atoms with Gasteiger partial charge in [0.25, 0.3) is 0 Å². The number of benzene rings is 1. The summed E-state index contributed by atoms with van der Waals surface area (Å²) in [6, 6.07) is 6.59. The van der Waals surface area contributed by atoms with Gasteiger partial charge in [-0.05, 0) is 30.5 Å². The Morgan fingerprint density at radius 3 is 2.37 bits per heavy atom. The average molecular weight is 484 g/mol. The molecule has 0 unspecified atom stereocenters. The molecule has 2 heterocycles. The molecule has 3 rings (SSSR count). The molecule has 1 saturated heterocycles. The molecule has 2 aromatic rings. The Kier molecular flexibility index (Phi) is 6.14. The van der Waals surface area contributed by atoms with E-state index in [0.29, 0.717) is 42.6 Å². The Bertz CT molecular complexity index is 877. The first kappa shape index (κ1) is 20.6. The van der Waals surface area contributed by atoms with E-state index in [2.05, 4.69) is 26.2 Å². The predicted molar refractivity (Wildman–Crippen MR) is 102 cm³/mol. The molecule has 0 atom stereocenters. The molecule has 0 bridgehead atoms. The summed E-state index contributed by atoms with van der Waals surface area (Å²) in [4.78, 5) is 3.25. The van der Waals surface area contributed by atoms with Crippen molar-refractivity contribution in [2.24, 2.45) is 0 Å². The molecule has 0 spiro atoms. The van der Waals surface area contributed by atoms with Gasteiger partial charge in [0.2, 0.25) is 10.0 Å². The Morgan fingerprint density at radius 1 is 1.22 bits per heavy atom. The van der Waals surface area contributed by atoms with Crippen LogP contribution in [0, 0.1) is 0 Å². The lowest BCUT2D eigenvalue weighted by molar-refractivity contribution is -0.134. The molecule has 1 fully saturated rings. The molecule has 0 radical (unpaired) electrons. The molecule has 1 aromatic heterocycles. The average Bonchev–Trinajstić information content (AvgIpc) is 3.11. The number of halogens is 4. The highest BCUT2D eigenvalue weighted by molar-refractivity contribution is 9.08. The highest BCUT2D eigenvalue weighted by Crippen LogP contribution is 2.35. The summed E-state index contributed by atoms with van der Waals surface area (Å²) in [5, 5.41) is 3.83. The molecule has 1 aliphatic heterocycles. The van der Waals surface area contributed by atoms with E-state index in [1.54, 1.807) is 24.3 Å². The lowest BCUT2D eigenvalue weighted by atomic mass is 10.1. The molecule has 5 nitrogen and oxygen atoms in total. The summed E-state index contributed by atoms with van der Waals surface area (Å²) < 4.78 is 64.8. The zero-order chi connectivity index (χ0) is 19.7. The third kappa shape index (κ3) is 4.82. The van der Waals surface area contributed by atoms with Crippen molar-refractivity contribution in [2.45, 2.75) is 35.3 Å². The van der Waals surface area contributed by atoms with Gasteiger partial charge in [-0.15, -0.1) is 0 Å². The summed E-state index contributed by atoms with van der Waals surface area (Å²) in [5.74, 6) is 0. The van der Waals surface area contributed by atoms with Gasteiger partial charge in [-0.25, -0.2) is 13.4 Å². The standard InChI is InChI=1S/C16H17BrF3N3O2S2/c17-9-11-1-3-13(4-2-11)27(24,25)23-7-5-12(6-8-23)22-15-21-10-14(26-15)16(18,19)20/h1-4,10,12H,5-9H2,(H,21,22). The number of piperidine rings is 1.